The Morgan fingerprint density at radius 1 is 1.19 bits per heavy atom. The van der Waals surface area contributed by atoms with Crippen LogP contribution >= 0.6 is 0 Å². The molecule has 0 radical (unpaired) electrons. The molecule has 1 amide bonds. The lowest BCUT2D eigenvalue weighted by atomic mass is 10.2. The van der Waals surface area contributed by atoms with Crippen molar-refractivity contribution in [1.29, 1.82) is 0 Å². The van der Waals surface area contributed by atoms with Gasteiger partial charge in [-0.2, -0.15) is 10.1 Å². The monoisotopic (exact) mass is 349 g/mol. The zero-order valence-corrected chi connectivity index (χ0v) is 14.5. The molecule has 132 valence electrons. The fourth-order valence-electron chi connectivity index (χ4n) is 2.25. The number of nitrogens with zero attached hydrogens (tertiary/aromatic N) is 4. The Labute approximate surface area is 151 Å². The minimum atomic E-state index is -0.261. The van der Waals surface area contributed by atoms with Crippen LogP contribution in [0.1, 0.15) is 5.56 Å². The van der Waals surface area contributed by atoms with Gasteiger partial charge in [0.2, 0.25) is 11.9 Å². The van der Waals surface area contributed by atoms with Gasteiger partial charge in [-0.05, 0) is 31.2 Å². The maximum atomic E-state index is 11.4. The summed E-state index contributed by atoms with van der Waals surface area (Å²) in [6.07, 6.45) is 6.49. The lowest BCUT2D eigenvalue weighted by Crippen LogP contribution is -2.07. The van der Waals surface area contributed by atoms with Gasteiger partial charge in [-0.3, -0.25) is 9.48 Å². The van der Waals surface area contributed by atoms with Gasteiger partial charge in [0, 0.05) is 36.4 Å². The smallest absolute Gasteiger partial charge is 0.247 e. The van der Waals surface area contributed by atoms with E-state index < -0.39 is 0 Å². The highest BCUT2D eigenvalue weighted by Gasteiger charge is 2.07. The third-order valence-corrected chi connectivity index (χ3v) is 3.51. The largest absolute Gasteiger partial charge is 0.340 e. The molecule has 2 heterocycles. The van der Waals surface area contributed by atoms with Gasteiger partial charge in [-0.1, -0.05) is 12.6 Å². The van der Waals surface area contributed by atoms with Gasteiger partial charge in [0.15, 0.2) is 0 Å². The highest BCUT2D eigenvalue weighted by molar-refractivity contribution is 5.99. The molecule has 0 saturated carbocycles. The molecule has 0 aliphatic carbocycles. The van der Waals surface area contributed by atoms with Crippen LogP contribution in [0, 0.1) is 6.92 Å². The Morgan fingerprint density at radius 3 is 2.73 bits per heavy atom. The van der Waals surface area contributed by atoms with Gasteiger partial charge in [0.25, 0.3) is 0 Å². The molecule has 26 heavy (non-hydrogen) atoms. The quantitative estimate of drug-likeness (QED) is 0.592. The van der Waals surface area contributed by atoms with Crippen molar-refractivity contribution >= 4 is 34.7 Å². The topological polar surface area (TPSA) is 96.8 Å². The van der Waals surface area contributed by atoms with Crippen molar-refractivity contribution in [3.63, 3.8) is 0 Å². The molecule has 1 aromatic carbocycles. The lowest BCUT2D eigenvalue weighted by Gasteiger charge is -2.11. The maximum Gasteiger partial charge on any atom is 0.247 e. The van der Waals surface area contributed by atoms with Crippen molar-refractivity contribution < 1.29 is 4.79 Å². The standard InChI is InChI=1S/C18H19N7O/c1-4-16(26)21-13-6-5-7-14(8-13)22-17-12(2)9-19-18(24-17)23-15-10-20-25(3)11-15/h4-11H,1H2,2-3H3,(H,21,26)(H2,19,22,23,24). The van der Waals surface area contributed by atoms with Crippen molar-refractivity contribution in [3.8, 4) is 0 Å². The minimum Gasteiger partial charge on any atom is -0.340 e. The van der Waals surface area contributed by atoms with Crippen LogP contribution in [-0.2, 0) is 11.8 Å². The Hall–Kier alpha value is -3.68. The average Bonchev–Trinajstić information content (AvgIpc) is 3.03. The van der Waals surface area contributed by atoms with Crippen LogP contribution in [0.4, 0.5) is 28.8 Å². The number of amides is 1. The van der Waals surface area contributed by atoms with Crippen LogP contribution in [0.15, 0.2) is 55.5 Å². The fraction of sp³-hybridized carbons (Fsp3) is 0.111. The molecule has 2 aromatic heterocycles. The first kappa shape index (κ1) is 17.2. The van der Waals surface area contributed by atoms with Gasteiger partial charge in [0.1, 0.15) is 5.82 Å². The number of nitrogens with one attached hydrogen (secondary N) is 3. The van der Waals surface area contributed by atoms with Crippen molar-refractivity contribution in [2.75, 3.05) is 16.0 Å². The van der Waals surface area contributed by atoms with Crippen molar-refractivity contribution in [2.24, 2.45) is 7.05 Å². The van der Waals surface area contributed by atoms with Gasteiger partial charge in [-0.15, -0.1) is 0 Å². The van der Waals surface area contributed by atoms with Crippen LogP contribution in [-0.4, -0.2) is 25.7 Å². The summed E-state index contributed by atoms with van der Waals surface area (Å²) in [5.74, 6) is 0.865. The van der Waals surface area contributed by atoms with E-state index in [1.165, 1.54) is 6.08 Å². The van der Waals surface area contributed by atoms with E-state index in [-0.39, 0.29) is 5.91 Å². The van der Waals surface area contributed by atoms with E-state index in [4.69, 9.17) is 0 Å². The molecule has 0 saturated heterocycles. The van der Waals surface area contributed by atoms with Gasteiger partial charge < -0.3 is 16.0 Å². The van der Waals surface area contributed by atoms with Crippen molar-refractivity contribution in [3.05, 3.63) is 61.1 Å². The second-order valence-corrected chi connectivity index (χ2v) is 5.65. The fourth-order valence-corrected chi connectivity index (χ4v) is 2.25. The number of carbonyl (C=O) groups is 1. The van der Waals surface area contributed by atoms with Crippen molar-refractivity contribution in [2.45, 2.75) is 6.92 Å². The highest BCUT2D eigenvalue weighted by Crippen LogP contribution is 2.22. The summed E-state index contributed by atoms with van der Waals surface area (Å²) in [4.78, 5) is 20.2. The lowest BCUT2D eigenvalue weighted by molar-refractivity contribution is -0.111. The molecule has 0 aliphatic heterocycles. The Kier molecular flexibility index (Phi) is 4.93. The summed E-state index contributed by atoms with van der Waals surface area (Å²) in [7, 11) is 1.84. The average molecular weight is 349 g/mol. The van der Waals surface area contributed by atoms with E-state index in [1.807, 2.05) is 38.4 Å². The first-order valence-corrected chi connectivity index (χ1v) is 7.93. The van der Waals surface area contributed by atoms with E-state index >= 15 is 0 Å². The number of hydrogen-bond donors (Lipinski definition) is 3. The number of aromatic nitrogens is 4. The Balaban J connectivity index is 1.78. The van der Waals surface area contributed by atoms with Crippen LogP contribution in [0.25, 0.3) is 0 Å². The van der Waals surface area contributed by atoms with Crippen LogP contribution in [0.5, 0.6) is 0 Å². The summed E-state index contributed by atoms with van der Waals surface area (Å²) < 4.78 is 1.69. The zero-order chi connectivity index (χ0) is 18.5. The van der Waals surface area contributed by atoms with E-state index in [0.717, 1.165) is 16.9 Å². The molecule has 0 atom stereocenters. The molecule has 8 nitrogen and oxygen atoms in total. The van der Waals surface area contributed by atoms with Gasteiger partial charge in [0.05, 0.1) is 11.9 Å². The summed E-state index contributed by atoms with van der Waals surface area (Å²) >= 11 is 0. The van der Waals surface area contributed by atoms with Crippen molar-refractivity contribution in [1.82, 2.24) is 19.7 Å². The predicted octanol–water partition coefficient (Wildman–Crippen LogP) is 3.13. The number of benzene rings is 1. The SMILES string of the molecule is C=CC(=O)Nc1cccc(Nc2nc(Nc3cnn(C)c3)ncc2C)c1. The van der Waals surface area contributed by atoms with Crippen LogP contribution < -0.4 is 16.0 Å². The molecule has 0 aliphatic rings. The molecule has 3 rings (SSSR count). The number of aryl methyl sites for hydroxylation is 2. The Bertz CT molecular complexity index is 948. The second-order valence-electron chi connectivity index (χ2n) is 5.65. The third kappa shape index (κ3) is 4.23. The molecular weight excluding hydrogens is 330 g/mol. The molecule has 0 bridgehead atoms. The van der Waals surface area contributed by atoms with E-state index in [9.17, 15) is 4.79 Å². The first-order chi connectivity index (χ1) is 12.5. The van der Waals surface area contributed by atoms with Crippen LogP contribution in [0.2, 0.25) is 0 Å². The minimum absolute atomic E-state index is 0.261. The molecule has 0 fully saturated rings. The molecule has 0 spiro atoms. The van der Waals surface area contributed by atoms with E-state index in [0.29, 0.717) is 17.5 Å². The molecule has 3 aromatic rings. The molecule has 8 heteroatoms. The normalized spacial score (nSPS) is 10.2. The summed E-state index contributed by atoms with van der Waals surface area (Å²) in [5, 5.41) is 13.2. The summed E-state index contributed by atoms with van der Waals surface area (Å²) in [6.45, 7) is 5.36. The van der Waals surface area contributed by atoms with Crippen LogP contribution in [0.3, 0.4) is 0 Å². The second kappa shape index (κ2) is 7.47. The molecule has 0 unspecified atom stereocenters. The number of rotatable bonds is 6. The number of anilines is 5. The number of carbonyl (C=O) groups excluding carboxylic acids is 1. The zero-order valence-electron chi connectivity index (χ0n) is 14.5. The first-order valence-electron chi connectivity index (χ1n) is 7.93. The maximum absolute atomic E-state index is 11.4. The number of hydrogen-bond acceptors (Lipinski definition) is 6. The van der Waals surface area contributed by atoms with E-state index in [2.05, 4.69) is 37.6 Å². The predicted molar refractivity (Wildman–Crippen MR) is 102 cm³/mol. The molecule has 3 N–H and O–H groups in total. The summed E-state index contributed by atoms with van der Waals surface area (Å²) in [5.41, 5.74) is 3.15. The van der Waals surface area contributed by atoms with E-state index in [1.54, 1.807) is 23.1 Å². The Morgan fingerprint density at radius 2 is 2.00 bits per heavy atom. The summed E-state index contributed by atoms with van der Waals surface area (Å²) in [6, 6.07) is 7.34. The molecular formula is C18H19N7O. The van der Waals surface area contributed by atoms with Gasteiger partial charge in [-0.25, -0.2) is 4.98 Å². The highest BCUT2D eigenvalue weighted by atomic mass is 16.1. The van der Waals surface area contributed by atoms with Gasteiger partial charge >= 0.3 is 0 Å². The third-order valence-electron chi connectivity index (χ3n) is 3.51.